The minimum Gasteiger partial charge on any atom is -0.313 e. The summed E-state index contributed by atoms with van der Waals surface area (Å²) in [6.07, 6.45) is 8.98. The number of sulfonamides is 1. The van der Waals surface area contributed by atoms with Crippen molar-refractivity contribution in [2.45, 2.75) is 52.4 Å². The molecule has 6 heteroatoms. The van der Waals surface area contributed by atoms with E-state index in [2.05, 4.69) is 6.08 Å². The molecule has 0 radical (unpaired) electrons. The van der Waals surface area contributed by atoms with Crippen molar-refractivity contribution >= 4 is 21.6 Å². The highest BCUT2D eigenvalue weighted by molar-refractivity contribution is 7.88. The van der Waals surface area contributed by atoms with Gasteiger partial charge in [0.25, 0.3) is 0 Å². The van der Waals surface area contributed by atoms with Crippen LogP contribution in [0, 0.1) is 6.92 Å². The smallest absolute Gasteiger partial charge is 0.228 e. The number of aryl methyl sites for hydroxylation is 1. The average Bonchev–Trinajstić information content (AvgIpc) is 2.62. The van der Waals surface area contributed by atoms with Gasteiger partial charge in [0.2, 0.25) is 15.9 Å². The van der Waals surface area contributed by atoms with Crippen molar-refractivity contribution in [2.75, 3.05) is 30.8 Å². The van der Waals surface area contributed by atoms with Gasteiger partial charge in [-0.3, -0.25) is 4.79 Å². The van der Waals surface area contributed by atoms with Gasteiger partial charge in [-0.2, -0.15) is 0 Å². The molecule has 0 atom stereocenters. The van der Waals surface area contributed by atoms with E-state index in [0.717, 1.165) is 30.5 Å². The molecule has 150 valence electrons. The normalized spacial score (nSPS) is 14.9. The topological polar surface area (TPSA) is 57.7 Å². The van der Waals surface area contributed by atoms with Gasteiger partial charge in [0.1, 0.15) is 0 Å². The molecule has 0 saturated carbocycles. The van der Waals surface area contributed by atoms with Crippen molar-refractivity contribution < 1.29 is 13.2 Å². The van der Waals surface area contributed by atoms with Gasteiger partial charge in [-0.15, -0.1) is 0 Å². The number of carbonyl (C=O) groups excluding carboxylic acids is 1. The lowest BCUT2D eigenvalue weighted by Crippen LogP contribution is -2.37. The summed E-state index contributed by atoms with van der Waals surface area (Å²) in [7, 11) is -3.33. The van der Waals surface area contributed by atoms with E-state index in [4.69, 9.17) is 0 Å². The van der Waals surface area contributed by atoms with Crippen LogP contribution in [0.3, 0.4) is 0 Å². The average molecular weight is 393 g/mol. The number of hydrogen-bond acceptors (Lipinski definition) is 3. The standard InChI is InChI=1S/C21H32N2O3S/c1-4-23(20-12-8-9-18(2)17-20)21(24)14-16-22(27(3,25)26)15-13-19-10-6-5-7-11-19/h8-10,12,17H,4-7,11,13-16H2,1-3H3. The Morgan fingerprint density at radius 3 is 2.56 bits per heavy atom. The molecule has 0 unspecified atom stereocenters. The lowest BCUT2D eigenvalue weighted by Gasteiger charge is -2.25. The van der Waals surface area contributed by atoms with Crippen LogP contribution in [-0.4, -0.2) is 44.5 Å². The van der Waals surface area contributed by atoms with Crippen molar-refractivity contribution in [1.29, 1.82) is 0 Å². The minimum absolute atomic E-state index is 0.0476. The summed E-state index contributed by atoms with van der Waals surface area (Å²) in [6, 6.07) is 7.82. The van der Waals surface area contributed by atoms with Gasteiger partial charge >= 0.3 is 0 Å². The first-order chi connectivity index (χ1) is 12.8. The molecule has 1 aromatic rings. The Balaban J connectivity index is 1.98. The van der Waals surface area contributed by atoms with Crippen LogP contribution in [0.5, 0.6) is 0 Å². The van der Waals surface area contributed by atoms with Gasteiger partial charge in [-0.05, 0) is 63.6 Å². The monoisotopic (exact) mass is 392 g/mol. The summed E-state index contributed by atoms with van der Waals surface area (Å²) < 4.78 is 25.8. The second-order valence-corrected chi connectivity index (χ2v) is 9.23. The van der Waals surface area contributed by atoms with Crippen molar-refractivity contribution in [1.82, 2.24) is 4.31 Å². The molecule has 0 aromatic heterocycles. The summed E-state index contributed by atoms with van der Waals surface area (Å²) in [5, 5.41) is 0. The number of rotatable bonds is 9. The zero-order valence-electron chi connectivity index (χ0n) is 16.8. The van der Waals surface area contributed by atoms with E-state index in [1.807, 2.05) is 38.1 Å². The summed E-state index contributed by atoms with van der Waals surface area (Å²) >= 11 is 0. The fraction of sp³-hybridized carbons (Fsp3) is 0.571. The zero-order chi connectivity index (χ0) is 19.9. The number of carbonyl (C=O) groups is 1. The number of allylic oxidation sites excluding steroid dienone is 1. The first-order valence-corrected chi connectivity index (χ1v) is 11.7. The number of amides is 1. The molecule has 0 spiro atoms. The molecule has 1 amide bonds. The Morgan fingerprint density at radius 2 is 1.96 bits per heavy atom. The predicted octanol–water partition coefficient (Wildman–Crippen LogP) is 3.89. The van der Waals surface area contributed by atoms with Gasteiger partial charge < -0.3 is 4.90 Å². The third-order valence-electron chi connectivity index (χ3n) is 5.04. The number of nitrogens with zero attached hydrogens (tertiary/aromatic N) is 2. The van der Waals surface area contributed by atoms with E-state index in [0.29, 0.717) is 13.1 Å². The summed E-state index contributed by atoms with van der Waals surface area (Å²) in [6.45, 7) is 5.17. The Bertz CT molecular complexity index is 771. The molecule has 27 heavy (non-hydrogen) atoms. The SMILES string of the molecule is CCN(C(=O)CCN(CCC1=CCCCC1)S(C)(=O)=O)c1cccc(C)c1. The van der Waals surface area contributed by atoms with Gasteiger partial charge in [-0.1, -0.05) is 23.8 Å². The molecule has 0 fully saturated rings. The maximum atomic E-state index is 12.7. The highest BCUT2D eigenvalue weighted by atomic mass is 32.2. The van der Waals surface area contributed by atoms with Crippen LogP contribution in [0.25, 0.3) is 0 Å². The Labute approximate surface area is 164 Å². The molecule has 0 aliphatic heterocycles. The molecular weight excluding hydrogens is 360 g/mol. The molecule has 1 aliphatic carbocycles. The molecule has 1 aromatic carbocycles. The van der Waals surface area contributed by atoms with Gasteiger partial charge in [0.15, 0.2) is 0 Å². The molecule has 1 aliphatic rings. The van der Waals surface area contributed by atoms with E-state index in [9.17, 15) is 13.2 Å². The fourth-order valence-electron chi connectivity index (χ4n) is 3.50. The summed E-state index contributed by atoms with van der Waals surface area (Å²) in [4.78, 5) is 14.4. The third-order valence-corrected chi connectivity index (χ3v) is 6.35. The number of benzene rings is 1. The Kier molecular flexibility index (Phi) is 8.05. The van der Waals surface area contributed by atoms with E-state index < -0.39 is 10.0 Å². The quantitative estimate of drug-likeness (QED) is 0.599. The molecular formula is C21H32N2O3S. The van der Waals surface area contributed by atoms with Gasteiger partial charge in [0.05, 0.1) is 6.26 Å². The minimum atomic E-state index is -3.33. The molecule has 2 rings (SSSR count). The molecule has 0 heterocycles. The van der Waals surface area contributed by atoms with Crippen LogP contribution < -0.4 is 4.90 Å². The number of anilines is 1. The lowest BCUT2D eigenvalue weighted by atomic mass is 9.97. The largest absolute Gasteiger partial charge is 0.313 e. The van der Waals surface area contributed by atoms with Crippen molar-refractivity contribution in [3.05, 3.63) is 41.5 Å². The summed E-state index contributed by atoms with van der Waals surface area (Å²) in [5.74, 6) is -0.0476. The molecule has 0 N–H and O–H groups in total. The highest BCUT2D eigenvalue weighted by Crippen LogP contribution is 2.21. The molecule has 5 nitrogen and oxygen atoms in total. The molecule has 0 bridgehead atoms. The fourth-order valence-corrected chi connectivity index (χ4v) is 4.34. The van der Waals surface area contributed by atoms with Crippen LogP contribution >= 0.6 is 0 Å². The van der Waals surface area contributed by atoms with Gasteiger partial charge in [0, 0.05) is 31.7 Å². The predicted molar refractivity (Wildman–Crippen MR) is 111 cm³/mol. The van der Waals surface area contributed by atoms with Crippen LogP contribution in [0.2, 0.25) is 0 Å². The van der Waals surface area contributed by atoms with E-state index in [1.54, 1.807) is 4.90 Å². The van der Waals surface area contributed by atoms with Crippen LogP contribution in [0.1, 0.15) is 51.0 Å². The van der Waals surface area contributed by atoms with Crippen molar-refractivity contribution in [3.63, 3.8) is 0 Å². The first-order valence-electron chi connectivity index (χ1n) is 9.81. The van der Waals surface area contributed by atoms with Crippen LogP contribution in [0.4, 0.5) is 5.69 Å². The van der Waals surface area contributed by atoms with E-state index in [-0.39, 0.29) is 18.9 Å². The maximum Gasteiger partial charge on any atom is 0.228 e. The van der Waals surface area contributed by atoms with Crippen LogP contribution in [-0.2, 0) is 14.8 Å². The van der Waals surface area contributed by atoms with E-state index >= 15 is 0 Å². The number of hydrogen-bond donors (Lipinski definition) is 0. The van der Waals surface area contributed by atoms with Gasteiger partial charge in [-0.25, -0.2) is 12.7 Å². The molecule has 0 saturated heterocycles. The van der Waals surface area contributed by atoms with Crippen molar-refractivity contribution in [2.24, 2.45) is 0 Å². The second-order valence-electron chi connectivity index (χ2n) is 7.25. The Morgan fingerprint density at radius 1 is 1.19 bits per heavy atom. The third kappa shape index (κ3) is 6.78. The lowest BCUT2D eigenvalue weighted by molar-refractivity contribution is -0.118. The van der Waals surface area contributed by atoms with Crippen molar-refractivity contribution in [3.8, 4) is 0 Å². The Hall–Kier alpha value is -1.66. The zero-order valence-corrected chi connectivity index (χ0v) is 17.6. The maximum absolute atomic E-state index is 12.7. The second kappa shape index (κ2) is 10.0. The van der Waals surface area contributed by atoms with Crippen LogP contribution in [0.15, 0.2) is 35.9 Å². The summed E-state index contributed by atoms with van der Waals surface area (Å²) in [5.41, 5.74) is 3.30. The highest BCUT2D eigenvalue weighted by Gasteiger charge is 2.21. The van der Waals surface area contributed by atoms with E-state index in [1.165, 1.54) is 29.0 Å². The first kappa shape index (κ1) is 21.6.